The Morgan fingerprint density at radius 2 is 1.07 bits per heavy atom. The highest BCUT2D eigenvalue weighted by atomic mass is 32.1. The zero-order valence-electron chi connectivity index (χ0n) is 21.1. The van der Waals surface area contributed by atoms with Gasteiger partial charge in [-0.15, -0.1) is 0 Å². The number of carbonyl (C=O) groups is 4. The van der Waals surface area contributed by atoms with E-state index < -0.39 is 49.1 Å². The van der Waals surface area contributed by atoms with E-state index in [9.17, 15) is 39.6 Å². The molecule has 12 nitrogen and oxygen atoms in total. The van der Waals surface area contributed by atoms with Crippen molar-refractivity contribution < 1.29 is 39.6 Å². The van der Waals surface area contributed by atoms with Crippen molar-refractivity contribution in [2.24, 2.45) is 9.98 Å². The van der Waals surface area contributed by atoms with Crippen molar-refractivity contribution in [2.45, 2.75) is 18.4 Å². The van der Waals surface area contributed by atoms with Gasteiger partial charge in [-0.3, -0.25) is 29.0 Å². The molecule has 2 aromatic carbocycles. The molecule has 0 amide bonds. The Morgan fingerprint density at radius 1 is 0.675 bits per heavy atom. The highest BCUT2D eigenvalue weighted by molar-refractivity contribution is 7.78. The molecule has 0 saturated heterocycles. The van der Waals surface area contributed by atoms with Gasteiger partial charge in [0.15, 0.2) is 0 Å². The first kappa shape index (κ1) is 32.1. The molecule has 0 radical (unpaired) electrons. The number of nitrogens with zero attached hydrogens (tertiary/aromatic N) is 4. The molecule has 40 heavy (non-hydrogen) atoms. The molecule has 0 aromatic heterocycles. The van der Waals surface area contributed by atoms with Gasteiger partial charge < -0.3 is 20.4 Å². The van der Waals surface area contributed by atoms with Crippen LogP contribution in [0.2, 0.25) is 0 Å². The molecule has 210 valence electrons. The first-order valence-corrected chi connectivity index (χ1v) is 12.5. The van der Waals surface area contributed by atoms with E-state index in [0.717, 1.165) is 4.90 Å². The van der Waals surface area contributed by atoms with Crippen LogP contribution in [0.25, 0.3) is 0 Å². The van der Waals surface area contributed by atoms with E-state index in [4.69, 9.17) is 0 Å². The Morgan fingerprint density at radius 3 is 1.40 bits per heavy atom. The second-order valence-electron chi connectivity index (χ2n) is 8.74. The third kappa shape index (κ3) is 9.86. The molecule has 2 rings (SSSR count). The Kier molecular flexibility index (Phi) is 12.4. The van der Waals surface area contributed by atoms with Crippen LogP contribution in [0.1, 0.15) is 11.1 Å². The number of thiocarbonyl (C=S) groups is 2. The second kappa shape index (κ2) is 15.4. The van der Waals surface area contributed by atoms with E-state index in [1.165, 1.54) is 4.90 Å². The van der Waals surface area contributed by atoms with Crippen molar-refractivity contribution >= 4 is 70.0 Å². The summed E-state index contributed by atoms with van der Waals surface area (Å²) in [4.78, 5) is 57.6. The molecule has 4 N–H and O–H groups in total. The SMILES string of the molecule is O=C(O)CN(CCN(CC(=O)O)C(Cc1ccc(N=C=S)cc1)(Cc1ccc(N=C=S)cc1)C(=O)O)CC(=O)O. The van der Waals surface area contributed by atoms with Crippen LogP contribution in [-0.2, 0) is 32.0 Å². The lowest BCUT2D eigenvalue weighted by atomic mass is 9.82. The molecule has 0 atom stereocenters. The van der Waals surface area contributed by atoms with Crippen LogP contribution >= 0.6 is 24.4 Å². The third-order valence-electron chi connectivity index (χ3n) is 5.95. The number of carboxylic acid groups (broad SMARTS) is 4. The number of rotatable bonds is 17. The number of aliphatic carboxylic acids is 4. The molecule has 2 aromatic rings. The van der Waals surface area contributed by atoms with Crippen LogP contribution in [0.3, 0.4) is 0 Å². The van der Waals surface area contributed by atoms with Crippen molar-refractivity contribution in [3.05, 3.63) is 59.7 Å². The monoisotopic (exact) mass is 586 g/mol. The fraction of sp³-hybridized carbons (Fsp3) is 0.308. The zero-order chi connectivity index (χ0) is 29.7. The smallest absolute Gasteiger partial charge is 0.324 e. The standard InChI is InChI=1S/C26H26N4O8S2/c31-22(32)13-29(14-23(33)34)9-10-30(15-24(35)36)26(25(37)38,11-18-1-5-20(6-2-18)27-16-39)12-19-3-7-21(8-4-19)28-17-40/h1-8H,9-15H2,(H,31,32)(H,33,34)(H,35,36)(H,37,38). The van der Waals surface area contributed by atoms with E-state index in [-0.39, 0.29) is 25.9 Å². The summed E-state index contributed by atoms with van der Waals surface area (Å²) in [6, 6.07) is 13.0. The summed E-state index contributed by atoms with van der Waals surface area (Å²) in [7, 11) is 0. The summed E-state index contributed by atoms with van der Waals surface area (Å²) in [5.74, 6) is -5.20. The molecule has 0 unspecified atom stereocenters. The lowest BCUT2D eigenvalue weighted by molar-refractivity contribution is -0.156. The first-order chi connectivity index (χ1) is 19.0. The molecule has 0 heterocycles. The molecule has 0 saturated carbocycles. The highest BCUT2D eigenvalue weighted by Gasteiger charge is 2.45. The molecule has 0 spiro atoms. The van der Waals surface area contributed by atoms with E-state index in [1.807, 2.05) is 0 Å². The summed E-state index contributed by atoms with van der Waals surface area (Å²) in [5, 5.41) is 43.2. The predicted octanol–water partition coefficient (Wildman–Crippen LogP) is 2.62. The summed E-state index contributed by atoms with van der Waals surface area (Å²) in [6.45, 7) is -2.43. The molecule has 0 aliphatic rings. The van der Waals surface area contributed by atoms with Gasteiger partial charge in [0, 0.05) is 25.9 Å². The summed E-state index contributed by atoms with van der Waals surface area (Å²) in [6.07, 6.45) is -0.288. The maximum absolute atomic E-state index is 13.1. The fourth-order valence-corrected chi connectivity index (χ4v) is 4.41. The van der Waals surface area contributed by atoms with Gasteiger partial charge >= 0.3 is 23.9 Å². The quantitative estimate of drug-likeness (QED) is 0.157. The highest BCUT2D eigenvalue weighted by Crippen LogP contribution is 2.29. The number of benzene rings is 2. The minimum atomic E-state index is -1.83. The summed E-state index contributed by atoms with van der Waals surface area (Å²) in [5.41, 5.74) is 0.261. The molecule has 0 aliphatic heterocycles. The van der Waals surface area contributed by atoms with Gasteiger partial charge in [-0.05, 0) is 59.8 Å². The van der Waals surface area contributed by atoms with Crippen molar-refractivity contribution in [3.8, 4) is 0 Å². The first-order valence-electron chi connectivity index (χ1n) is 11.7. The number of isothiocyanates is 2. The largest absolute Gasteiger partial charge is 0.480 e. The van der Waals surface area contributed by atoms with Gasteiger partial charge in [0.25, 0.3) is 0 Å². The molecular weight excluding hydrogens is 560 g/mol. The summed E-state index contributed by atoms with van der Waals surface area (Å²) >= 11 is 9.23. The fourth-order valence-electron chi connectivity index (χ4n) is 4.20. The maximum atomic E-state index is 13.1. The normalized spacial score (nSPS) is 12.2. The van der Waals surface area contributed by atoms with Crippen LogP contribution in [0.15, 0.2) is 58.5 Å². The van der Waals surface area contributed by atoms with Gasteiger partial charge in [-0.1, -0.05) is 24.3 Å². The van der Waals surface area contributed by atoms with Crippen molar-refractivity contribution in [3.63, 3.8) is 0 Å². The van der Waals surface area contributed by atoms with E-state index >= 15 is 0 Å². The molecule has 0 aliphatic carbocycles. The predicted molar refractivity (Wildman–Crippen MR) is 151 cm³/mol. The topological polar surface area (TPSA) is 180 Å². The van der Waals surface area contributed by atoms with Crippen molar-refractivity contribution in [2.75, 3.05) is 32.7 Å². The van der Waals surface area contributed by atoms with Crippen molar-refractivity contribution in [1.82, 2.24) is 9.80 Å². The van der Waals surface area contributed by atoms with Gasteiger partial charge in [-0.25, -0.2) is 0 Å². The minimum absolute atomic E-state index is 0.144. The number of hydrogen-bond acceptors (Lipinski definition) is 10. The Hall–Kier alpha value is -4.16. The van der Waals surface area contributed by atoms with Crippen LogP contribution in [0.4, 0.5) is 11.4 Å². The van der Waals surface area contributed by atoms with Crippen LogP contribution in [0, 0.1) is 0 Å². The lowest BCUT2D eigenvalue weighted by Crippen LogP contribution is -2.60. The minimum Gasteiger partial charge on any atom is -0.480 e. The van der Waals surface area contributed by atoms with E-state index in [1.54, 1.807) is 48.5 Å². The average Bonchev–Trinajstić information content (AvgIpc) is 2.87. The zero-order valence-corrected chi connectivity index (χ0v) is 22.7. The number of aliphatic imine (C=N–C) groups is 2. The maximum Gasteiger partial charge on any atom is 0.324 e. The molecule has 0 fully saturated rings. The van der Waals surface area contributed by atoms with Crippen LogP contribution in [-0.4, -0.2) is 103 Å². The van der Waals surface area contributed by atoms with Crippen LogP contribution in [0.5, 0.6) is 0 Å². The molecular formula is C26H26N4O8S2. The van der Waals surface area contributed by atoms with E-state index in [2.05, 4.69) is 44.7 Å². The van der Waals surface area contributed by atoms with Crippen molar-refractivity contribution in [1.29, 1.82) is 0 Å². The van der Waals surface area contributed by atoms with E-state index in [0.29, 0.717) is 22.5 Å². The third-order valence-corrected chi connectivity index (χ3v) is 6.13. The van der Waals surface area contributed by atoms with Gasteiger partial charge in [0.2, 0.25) is 0 Å². The number of carboxylic acids is 4. The Labute approximate surface area is 239 Å². The van der Waals surface area contributed by atoms with Gasteiger partial charge in [0.1, 0.15) is 5.54 Å². The molecule has 14 heteroatoms. The molecule has 0 bridgehead atoms. The second-order valence-corrected chi connectivity index (χ2v) is 9.11. The Balaban J connectivity index is 2.59. The lowest BCUT2D eigenvalue weighted by Gasteiger charge is -2.41. The van der Waals surface area contributed by atoms with Crippen LogP contribution < -0.4 is 0 Å². The average molecular weight is 587 g/mol. The Bertz CT molecular complexity index is 1240. The van der Waals surface area contributed by atoms with Gasteiger partial charge in [-0.2, -0.15) is 9.98 Å². The summed E-state index contributed by atoms with van der Waals surface area (Å²) < 4.78 is 0. The van der Waals surface area contributed by atoms with Gasteiger partial charge in [0.05, 0.1) is 41.3 Å². The number of hydrogen-bond donors (Lipinski definition) is 4.